The highest BCUT2D eigenvalue weighted by atomic mass is 127. The molecule has 22 heavy (non-hydrogen) atoms. The molecule has 3 N–H and O–H groups in total. The van der Waals surface area contributed by atoms with Gasteiger partial charge in [-0.05, 0) is 12.0 Å². The van der Waals surface area contributed by atoms with E-state index < -0.39 is 0 Å². The SMILES string of the molecule is CCc1nncn1CCNC(N)=NCCc1ccccc1.I. The monoisotopic (exact) mass is 414 g/mol. The molecule has 2 rings (SSSR count). The first-order valence-electron chi connectivity index (χ1n) is 7.24. The smallest absolute Gasteiger partial charge is 0.188 e. The summed E-state index contributed by atoms with van der Waals surface area (Å²) in [6.45, 7) is 4.25. The van der Waals surface area contributed by atoms with Crippen LogP contribution in [-0.4, -0.2) is 33.8 Å². The molecule has 120 valence electrons. The summed E-state index contributed by atoms with van der Waals surface area (Å²) < 4.78 is 2.02. The molecular weight excluding hydrogens is 391 g/mol. The fourth-order valence-electron chi connectivity index (χ4n) is 2.05. The fraction of sp³-hybridized carbons (Fsp3) is 0.400. The summed E-state index contributed by atoms with van der Waals surface area (Å²) in [7, 11) is 0. The highest BCUT2D eigenvalue weighted by Gasteiger charge is 2.00. The van der Waals surface area contributed by atoms with E-state index in [-0.39, 0.29) is 24.0 Å². The summed E-state index contributed by atoms with van der Waals surface area (Å²) >= 11 is 0. The van der Waals surface area contributed by atoms with E-state index in [1.165, 1.54) is 5.56 Å². The minimum atomic E-state index is 0. The molecule has 0 unspecified atom stereocenters. The van der Waals surface area contributed by atoms with Gasteiger partial charge in [0, 0.05) is 26.1 Å². The van der Waals surface area contributed by atoms with Gasteiger partial charge in [-0.2, -0.15) is 0 Å². The van der Waals surface area contributed by atoms with E-state index in [0.717, 1.165) is 25.2 Å². The van der Waals surface area contributed by atoms with Crippen LogP contribution in [0.2, 0.25) is 0 Å². The quantitative estimate of drug-likeness (QED) is 0.410. The highest BCUT2D eigenvalue weighted by molar-refractivity contribution is 14.0. The van der Waals surface area contributed by atoms with Crippen LogP contribution in [0.15, 0.2) is 41.7 Å². The number of nitrogens with two attached hydrogens (primary N) is 1. The minimum absolute atomic E-state index is 0. The molecule has 0 aliphatic rings. The van der Waals surface area contributed by atoms with E-state index >= 15 is 0 Å². The first-order chi connectivity index (χ1) is 10.3. The first-order valence-corrected chi connectivity index (χ1v) is 7.24. The van der Waals surface area contributed by atoms with E-state index in [4.69, 9.17) is 5.73 Å². The van der Waals surface area contributed by atoms with Crippen LogP contribution in [-0.2, 0) is 19.4 Å². The van der Waals surface area contributed by atoms with Gasteiger partial charge in [0.1, 0.15) is 12.2 Å². The van der Waals surface area contributed by atoms with E-state index in [9.17, 15) is 0 Å². The molecule has 1 heterocycles. The molecule has 2 aromatic rings. The van der Waals surface area contributed by atoms with E-state index in [1.54, 1.807) is 6.33 Å². The average Bonchev–Trinajstić information content (AvgIpc) is 2.96. The van der Waals surface area contributed by atoms with Gasteiger partial charge in [0.05, 0.1) is 0 Å². The Balaban J connectivity index is 0.00000242. The topological polar surface area (TPSA) is 81.1 Å². The summed E-state index contributed by atoms with van der Waals surface area (Å²) in [6.07, 6.45) is 3.51. The normalized spacial score (nSPS) is 11.0. The molecule has 0 aliphatic carbocycles. The third-order valence-electron chi connectivity index (χ3n) is 3.20. The lowest BCUT2D eigenvalue weighted by Crippen LogP contribution is -2.34. The summed E-state index contributed by atoms with van der Waals surface area (Å²) in [4.78, 5) is 4.32. The Morgan fingerprint density at radius 3 is 2.82 bits per heavy atom. The van der Waals surface area contributed by atoms with Gasteiger partial charge in [0.25, 0.3) is 0 Å². The van der Waals surface area contributed by atoms with Crippen LogP contribution in [0.1, 0.15) is 18.3 Å². The van der Waals surface area contributed by atoms with Gasteiger partial charge >= 0.3 is 0 Å². The molecule has 0 radical (unpaired) electrons. The summed E-state index contributed by atoms with van der Waals surface area (Å²) in [6, 6.07) is 10.3. The third kappa shape index (κ3) is 6.00. The molecule has 0 saturated heterocycles. The lowest BCUT2D eigenvalue weighted by Gasteiger charge is -2.07. The lowest BCUT2D eigenvalue weighted by molar-refractivity contribution is 0.638. The Morgan fingerprint density at radius 2 is 2.09 bits per heavy atom. The van der Waals surface area contributed by atoms with Crippen molar-refractivity contribution in [1.82, 2.24) is 20.1 Å². The number of nitrogens with zero attached hydrogens (tertiary/aromatic N) is 4. The standard InChI is InChI=1S/C15H22N6.HI/c1-2-14-20-19-12-21(14)11-10-18-15(16)17-9-8-13-6-4-3-5-7-13;/h3-7,12H,2,8-11H2,1H3,(H3,16,17,18);1H. The molecule has 0 bridgehead atoms. The Kier molecular flexibility index (Phi) is 8.49. The molecule has 0 spiro atoms. The minimum Gasteiger partial charge on any atom is -0.370 e. The zero-order valence-corrected chi connectivity index (χ0v) is 15.1. The van der Waals surface area contributed by atoms with E-state index in [0.29, 0.717) is 19.0 Å². The second kappa shape index (κ2) is 10.1. The van der Waals surface area contributed by atoms with Crippen molar-refractivity contribution in [2.24, 2.45) is 10.7 Å². The van der Waals surface area contributed by atoms with Crippen molar-refractivity contribution in [2.45, 2.75) is 26.3 Å². The molecule has 1 aromatic heterocycles. The number of rotatable bonds is 7. The summed E-state index contributed by atoms with van der Waals surface area (Å²) in [5.41, 5.74) is 7.12. The molecule has 0 amide bonds. The zero-order valence-electron chi connectivity index (χ0n) is 12.8. The molecule has 0 atom stereocenters. The number of guanidine groups is 1. The van der Waals surface area contributed by atoms with Gasteiger partial charge in [-0.3, -0.25) is 4.99 Å². The zero-order chi connectivity index (χ0) is 14.9. The number of nitrogens with one attached hydrogen (secondary N) is 1. The molecule has 7 heteroatoms. The van der Waals surface area contributed by atoms with Crippen molar-refractivity contribution in [3.8, 4) is 0 Å². The van der Waals surface area contributed by atoms with Crippen LogP contribution in [0, 0.1) is 0 Å². The van der Waals surface area contributed by atoms with Crippen molar-refractivity contribution in [1.29, 1.82) is 0 Å². The van der Waals surface area contributed by atoms with E-state index in [2.05, 4.69) is 39.6 Å². The van der Waals surface area contributed by atoms with Gasteiger partial charge in [0.2, 0.25) is 0 Å². The Bertz CT molecular complexity index is 566. The number of hydrogen-bond donors (Lipinski definition) is 2. The Morgan fingerprint density at radius 1 is 1.32 bits per heavy atom. The van der Waals surface area contributed by atoms with Crippen molar-refractivity contribution in [3.05, 3.63) is 48.0 Å². The Hall–Kier alpha value is -1.64. The van der Waals surface area contributed by atoms with Crippen LogP contribution in [0.5, 0.6) is 0 Å². The molecule has 1 aromatic carbocycles. The van der Waals surface area contributed by atoms with Gasteiger partial charge in [-0.25, -0.2) is 0 Å². The van der Waals surface area contributed by atoms with Crippen LogP contribution >= 0.6 is 24.0 Å². The maximum atomic E-state index is 5.85. The predicted octanol–water partition coefficient (Wildman–Crippen LogP) is 1.61. The number of aliphatic imine (C=N–C) groups is 1. The molecule has 0 saturated carbocycles. The largest absolute Gasteiger partial charge is 0.370 e. The van der Waals surface area contributed by atoms with Crippen LogP contribution in [0.3, 0.4) is 0 Å². The fourth-order valence-corrected chi connectivity index (χ4v) is 2.05. The third-order valence-corrected chi connectivity index (χ3v) is 3.20. The number of benzene rings is 1. The average molecular weight is 414 g/mol. The summed E-state index contributed by atoms with van der Waals surface area (Å²) in [5.74, 6) is 1.47. The molecule has 6 nitrogen and oxygen atoms in total. The first kappa shape index (κ1) is 18.4. The van der Waals surface area contributed by atoms with Crippen molar-refractivity contribution >= 4 is 29.9 Å². The number of aryl methyl sites for hydroxylation is 1. The maximum Gasteiger partial charge on any atom is 0.188 e. The molecule has 0 aliphatic heterocycles. The van der Waals surface area contributed by atoms with Gasteiger partial charge < -0.3 is 15.6 Å². The second-order valence-electron chi connectivity index (χ2n) is 4.72. The number of aromatic nitrogens is 3. The van der Waals surface area contributed by atoms with Crippen molar-refractivity contribution in [2.75, 3.05) is 13.1 Å². The molecular formula is C15H23IN6. The van der Waals surface area contributed by atoms with Crippen LogP contribution < -0.4 is 11.1 Å². The van der Waals surface area contributed by atoms with Crippen LogP contribution in [0.25, 0.3) is 0 Å². The lowest BCUT2D eigenvalue weighted by atomic mass is 10.2. The van der Waals surface area contributed by atoms with Crippen molar-refractivity contribution in [3.63, 3.8) is 0 Å². The highest BCUT2D eigenvalue weighted by Crippen LogP contribution is 1.99. The van der Waals surface area contributed by atoms with Gasteiger partial charge in [-0.15, -0.1) is 34.2 Å². The number of halogens is 1. The van der Waals surface area contributed by atoms with Gasteiger partial charge in [-0.1, -0.05) is 37.3 Å². The second-order valence-corrected chi connectivity index (χ2v) is 4.72. The van der Waals surface area contributed by atoms with Gasteiger partial charge in [0.15, 0.2) is 5.96 Å². The van der Waals surface area contributed by atoms with Crippen LogP contribution in [0.4, 0.5) is 0 Å². The molecule has 0 fully saturated rings. The number of hydrogen-bond acceptors (Lipinski definition) is 3. The maximum absolute atomic E-state index is 5.85. The van der Waals surface area contributed by atoms with Crippen molar-refractivity contribution < 1.29 is 0 Å². The summed E-state index contributed by atoms with van der Waals surface area (Å²) in [5, 5.41) is 11.0. The Labute approximate surface area is 148 Å². The predicted molar refractivity (Wildman–Crippen MR) is 99.5 cm³/mol. The van der Waals surface area contributed by atoms with E-state index in [1.807, 2.05) is 22.8 Å².